The molecule has 1 unspecified atom stereocenters. The lowest BCUT2D eigenvalue weighted by atomic mass is 10.1. The maximum Gasteiger partial charge on any atom is 0.412 e. The zero-order valence-electron chi connectivity index (χ0n) is 22.8. The number of pyridine rings is 2. The van der Waals surface area contributed by atoms with E-state index in [4.69, 9.17) is 4.74 Å². The minimum absolute atomic E-state index is 0.195. The number of carbonyl (C=O) groups excluding carboxylic acids is 3. The van der Waals surface area contributed by atoms with Gasteiger partial charge < -0.3 is 25.6 Å². The molecule has 1 atom stereocenters. The number of carbonyl (C=O) groups is 3. The van der Waals surface area contributed by atoms with Gasteiger partial charge in [-0.1, -0.05) is 12.1 Å². The SMILES string of the molecule is CN(C)CCC(NC(=O)NCc1cccnc1)c1ccc(C(=O)Nc2cscc2NC(=O)OC(C)(C)C)nc1. The Balaban J connectivity index is 1.63. The first-order chi connectivity index (χ1) is 18.5. The van der Waals surface area contributed by atoms with Crippen LogP contribution in [0.3, 0.4) is 0 Å². The first-order valence-corrected chi connectivity index (χ1v) is 13.4. The molecule has 3 aromatic heterocycles. The number of nitrogens with one attached hydrogen (secondary N) is 4. The quantitative estimate of drug-likeness (QED) is 0.287. The third-order valence-corrected chi connectivity index (χ3v) is 6.06. The Bertz CT molecular complexity index is 1240. The average Bonchev–Trinajstić information content (AvgIpc) is 3.30. The molecule has 3 aromatic rings. The van der Waals surface area contributed by atoms with Crippen LogP contribution in [-0.4, -0.2) is 59.1 Å². The van der Waals surface area contributed by atoms with E-state index in [0.717, 1.165) is 17.7 Å². The minimum atomic E-state index is -0.644. The molecule has 39 heavy (non-hydrogen) atoms. The third-order valence-electron chi connectivity index (χ3n) is 5.31. The van der Waals surface area contributed by atoms with E-state index in [1.165, 1.54) is 11.3 Å². The van der Waals surface area contributed by atoms with E-state index in [2.05, 4.69) is 31.2 Å². The van der Waals surface area contributed by atoms with Crippen LogP contribution in [0.2, 0.25) is 0 Å². The molecular formula is C27H35N7O4S. The summed E-state index contributed by atoms with van der Waals surface area (Å²) in [7, 11) is 3.92. The summed E-state index contributed by atoms with van der Waals surface area (Å²) in [6.07, 6.45) is 5.00. The molecule has 4 N–H and O–H groups in total. The average molecular weight is 554 g/mol. The number of hydrogen-bond donors (Lipinski definition) is 4. The van der Waals surface area contributed by atoms with Crippen molar-refractivity contribution in [1.82, 2.24) is 25.5 Å². The molecule has 4 amide bonds. The van der Waals surface area contributed by atoms with Gasteiger partial charge in [0.2, 0.25) is 0 Å². The lowest BCUT2D eigenvalue weighted by Gasteiger charge is -2.21. The monoisotopic (exact) mass is 553 g/mol. The van der Waals surface area contributed by atoms with Crippen molar-refractivity contribution in [1.29, 1.82) is 0 Å². The highest BCUT2D eigenvalue weighted by Gasteiger charge is 2.20. The molecule has 0 radical (unpaired) electrons. The van der Waals surface area contributed by atoms with Gasteiger partial charge in [0, 0.05) is 35.9 Å². The topological polar surface area (TPSA) is 138 Å². The number of thiophene rings is 1. The molecule has 0 spiro atoms. The first-order valence-electron chi connectivity index (χ1n) is 12.4. The zero-order chi connectivity index (χ0) is 28.4. The minimum Gasteiger partial charge on any atom is -0.444 e. The third kappa shape index (κ3) is 9.98. The van der Waals surface area contributed by atoms with Crippen molar-refractivity contribution in [2.45, 2.75) is 45.4 Å². The Morgan fingerprint density at radius 1 is 1.05 bits per heavy atom. The van der Waals surface area contributed by atoms with Crippen LogP contribution in [0.15, 0.2) is 53.6 Å². The fourth-order valence-electron chi connectivity index (χ4n) is 3.44. The Morgan fingerprint density at radius 3 is 2.41 bits per heavy atom. The number of ether oxygens (including phenoxy) is 1. The molecule has 0 aromatic carbocycles. The van der Waals surface area contributed by atoms with E-state index in [9.17, 15) is 14.4 Å². The number of amides is 4. The molecule has 3 heterocycles. The van der Waals surface area contributed by atoms with Gasteiger partial charge in [-0.15, -0.1) is 11.3 Å². The van der Waals surface area contributed by atoms with Gasteiger partial charge in [0.25, 0.3) is 5.91 Å². The molecule has 0 saturated carbocycles. The Kier molecular flexibility index (Phi) is 10.4. The number of anilines is 2. The van der Waals surface area contributed by atoms with Crippen LogP contribution < -0.4 is 21.3 Å². The van der Waals surface area contributed by atoms with Crippen LogP contribution in [-0.2, 0) is 11.3 Å². The van der Waals surface area contributed by atoms with Crippen molar-refractivity contribution in [2.75, 3.05) is 31.3 Å². The maximum absolute atomic E-state index is 12.9. The second kappa shape index (κ2) is 13.7. The molecule has 11 nitrogen and oxygen atoms in total. The van der Waals surface area contributed by atoms with Crippen molar-refractivity contribution in [3.8, 4) is 0 Å². The molecule has 12 heteroatoms. The smallest absolute Gasteiger partial charge is 0.412 e. The van der Waals surface area contributed by atoms with E-state index in [1.807, 2.05) is 31.1 Å². The normalized spacial score (nSPS) is 11.9. The van der Waals surface area contributed by atoms with E-state index in [0.29, 0.717) is 24.3 Å². The van der Waals surface area contributed by atoms with Crippen molar-refractivity contribution >= 4 is 40.7 Å². The van der Waals surface area contributed by atoms with Gasteiger partial charge in [-0.25, -0.2) is 9.59 Å². The zero-order valence-corrected chi connectivity index (χ0v) is 23.6. The van der Waals surface area contributed by atoms with E-state index in [1.54, 1.807) is 62.3 Å². The lowest BCUT2D eigenvalue weighted by molar-refractivity contribution is 0.0635. The molecular weight excluding hydrogens is 518 g/mol. The number of nitrogens with zero attached hydrogens (tertiary/aromatic N) is 3. The Morgan fingerprint density at radius 2 is 1.79 bits per heavy atom. The van der Waals surface area contributed by atoms with Gasteiger partial charge in [-0.2, -0.15) is 0 Å². The first kappa shape index (κ1) is 29.5. The van der Waals surface area contributed by atoms with Gasteiger partial charge in [0.05, 0.1) is 17.4 Å². The van der Waals surface area contributed by atoms with Gasteiger partial charge >= 0.3 is 12.1 Å². The fraction of sp³-hybridized carbons (Fsp3) is 0.370. The second-order valence-electron chi connectivity index (χ2n) is 10.1. The molecule has 0 fully saturated rings. The number of urea groups is 1. The molecule has 3 rings (SSSR count). The van der Waals surface area contributed by atoms with Crippen LogP contribution in [0, 0.1) is 0 Å². The number of aromatic nitrogens is 2. The van der Waals surface area contributed by atoms with Gasteiger partial charge in [0.15, 0.2) is 0 Å². The van der Waals surface area contributed by atoms with E-state index in [-0.39, 0.29) is 17.8 Å². The van der Waals surface area contributed by atoms with Crippen molar-refractivity contribution in [3.63, 3.8) is 0 Å². The molecule has 0 saturated heterocycles. The summed E-state index contributed by atoms with van der Waals surface area (Å²) in [5, 5.41) is 14.7. The predicted molar refractivity (Wildman–Crippen MR) is 152 cm³/mol. The molecule has 0 bridgehead atoms. The number of hydrogen-bond acceptors (Lipinski definition) is 8. The van der Waals surface area contributed by atoms with E-state index >= 15 is 0 Å². The summed E-state index contributed by atoms with van der Waals surface area (Å²) in [6, 6.07) is 6.46. The second-order valence-corrected chi connectivity index (χ2v) is 10.8. The summed E-state index contributed by atoms with van der Waals surface area (Å²) in [5.74, 6) is -0.431. The van der Waals surface area contributed by atoms with Gasteiger partial charge in [-0.05, 0) is 71.1 Å². The van der Waals surface area contributed by atoms with Crippen molar-refractivity contribution < 1.29 is 19.1 Å². The highest BCUT2D eigenvalue weighted by atomic mass is 32.1. The highest BCUT2D eigenvalue weighted by Crippen LogP contribution is 2.28. The van der Waals surface area contributed by atoms with Gasteiger partial charge in [0.1, 0.15) is 11.3 Å². The highest BCUT2D eigenvalue weighted by molar-refractivity contribution is 7.09. The van der Waals surface area contributed by atoms with Crippen LogP contribution in [0.25, 0.3) is 0 Å². The molecule has 0 aliphatic carbocycles. The van der Waals surface area contributed by atoms with Crippen molar-refractivity contribution in [2.24, 2.45) is 0 Å². The Hall–Kier alpha value is -4.03. The summed E-state index contributed by atoms with van der Waals surface area (Å²) in [5.41, 5.74) is 2.09. The summed E-state index contributed by atoms with van der Waals surface area (Å²) in [6.45, 7) is 6.40. The predicted octanol–water partition coefficient (Wildman–Crippen LogP) is 4.63. The van der Waals surface area contributed by atoms with E-state index < -0.39 is 17.6 Å². The largest absolute Gasteiger partial charge is 0.444 e. The lowest BCUT2D eigenvalue weighted by Crippen LogP contribution is -2.38. The van der Waals surface area contributed by atoms with Crippen LogP contribution >= 0.6 is 11.3 Å². The summed E-state index contributed by atoms with van der Waals surface area (Å²) >= 11 is 1.33. The van der Waals surface area contributed by atoms with Crippen molar-refractivity contribution in [3.05, 3.63) is 70.4 Å². The Labute approximate surface area is 232 Å². The molecule has 208 valence electrons. The van der Waals surface area contributed by atoms with Gasteiger partial charge in [-0.3, -0.25) is 20.1 Å². The van der Waals surface area contributed by atoms with Crippen LogP contribution in [0.4, 0.5) is 21.0 Å². The standard InChI is InChI=1S/C27H35N7O4S/c1-27(2,3)38-26(37)33-23-17-39-16-22(23)31-24(35)21-9-8-19(15-29-21)20(10-12-34(4)5)32-25(36)30-14-18-7-6-11-28-13-18/h6-9,11,13,15-17,20H,10,12,14H2,1-5H3,(H,31,35)(H,33,37)(H2,30,32,36). The fourth-order valence-corrected chi connectivity index (χ4v) is 4.15. The maximum atomic E-state index is 12.9. The van der Waals surface area contributed by atoms with Crippen LogP contribution in [0.1, 0.15) is 54.8 Å². The van der Waals surface area contributed by atoms with Crippen LogP contribution in [0.5, 0.6) is 0 Å². The molecule has 0 aliphatic heterocycles. The number of rotatable bonds is 10. The molecule has 0 aliphatic rings. The summed E-state index contributed by atoms with van der Waals surface area (Å²) in [4.78, 5) is 48.0. The summed E-state index contributed by atoms with van der Waals surface area (Å²) < 4.78 is 5.28.